The molecule has 0 amide bonds. The van der Waals surface area contributed by atoms with Crippen molar-refractivity contribution in [3.05, 3.63) is 29.3 Å². The molecule has 0 aliphatic heterocycles. The third-order valence-electron chi connectivity index (χ3n) is 2.55. The zero-order chi connectivity index (χ0) is 11.4. The summed E-state index contributed by atoms with van der Waals surface area (Å²) in [6.07, 6.45) is 2.22. The van der Waals surface area contributed by atoms with E-state index in [-0.39, 0.29) is 0 Å². The Labute approximate surface area is 93.7 Å². The fourth-order valence-corrected chi connectivity index (χ4v) is 1.94. The van der Waals surface area contributed by atoms with Crippen molar-refractivity contribution in [1.29, 1.82) is 0 Å². The summed E-state index contributed by atoms with van der Waals surface area (Å²) in [6.45, 7) is 8.99. The van der Waals surface area contributed by atoms with Gasteiger partial charge in [0.25, 0.3) is 0 Å². The maximum Gasteiger partial charge on any atom is 0.0349 e. The van der Waals surface area contributed by atoms with E-state index in [1.54, 1.807) is 0 Å². The first-order valence-corrected chi connectivity index (χ1v) is 5.87. The zero-order valence-electron chi connectivity index (χ0n) is 10.4. The van der Waals surface area contributed by atoms with E-state index in [0.29, 0.717) is 11.8 Å². The fraction of sp³-hybridized carbons (Fsp3) is 0.571. The zero-order valence-corrected chi connectivity index (χ0v) is 10.4. The molecule has 0 saturated heterocycles. The van der Waals surface area contributed by atoms with Gasteiger partial charge in [-0.2, -0.15) is 0 Å². The van der Waals surface area contributed by atoms with Crippen LogP contribution in [0.5, 0.6) is 0 Å². The SMILES string of the molecule is CC(C)Cc1cccc(N)c1CC(C)C. The standard InChI is InChI=1S/C14H23N/c1-10(2)8-12-6-5-7-14(15)13(12)9-11(3)4/h5-7,10-11H,8-9,15H2,1-4H3. The van der Waals surface area contributed by atoms with E-state index in [1.165, 1.54) is 11.1 Å². The number of hydrogen-bond acceptors (Lipinski definition) is 1. The van der Waals surface area contributed by atoms with Crippen LogP contribution in [-0.4, -0.2) is 0 Å². The lowest BCUT2D eigenvalue weighted by Crippen LogP contribution is -2.06. The van der Waals surface area contributed by atoms with Crippen molar-refractivity contribution in [1.82, 2.24) is 0 Å². The predicted molar refractivity (Wildman–Crippen MR) is 67.9 cm³/mol. The molecule has 0 unspecified atom stereocenters. The van der Waals surface area contributed by atoms with Crippen LogP contribution in [-0.2, 0) is 12.8 Å². The van der Waals surface area contributed by atoms with Crippen LogP contribution in [0.3, 0.4) is 0 Å². The van der Waals surface area contributed by atoms with Crippen molar-refractivity contribution in [2.24, 2.45) is 11.8 Å². The minimum Gasteiger partial charge on any atom is -0.398 e. The van der Waals surface area contributed by atoms with E-state index in [2.05, 4.69) is 39.8 Å². The Morgan fingerprint density at radius 2 is 1.60 bits per heavy atom. The molecule has 1 aromatic rings. The van der Waals surface area contributed by atoms with E-state index in [0.717, 1.165) is 18.5 Å². The first-order valence-electron chi connectivity index (χ1n) is 5.87. The average molecular weight is 205 g/mol. The molecule has 1 heteroatoms. The molecule has 2 N–H and O–H groups in total. The Morgan fingerprint density at radius 1 is 1.00 bits per heavy atom. The van der Waals surface area contributed by atoms with Crippen LogP contribution in [0.1, 0.15) is 38.8 Å². The van der Waals surface area contributed by atoms with Crippen molar-refractivity contribution in [3.8, 4) is 0 Å². The molecule has 0 fully saturated rings. The van der Waals surface area contributed by atoms with Gasteiger partial charge in [-0.05, 0) is 41.9 Å². The molecular formula is C14H23N. The highest BCUT2D eigenvalue weighted by Gasteiger charge is 2.09. The van der Waals surface area contributed by atoms with Crippen molar-refractivity contribution in [3.63, 3.8) is 0 Å². The molecular weight excluding hydrogens is 182 g/mol. The van der Waals surface area contributed by atoms with Gasteiger partial charge in [0, 0.05) is 5.69 Å². The van der Waals surface area contributed by atoms with Gasteiger partial charge < -0.3 is 5.73 Å². The molecule has 0 saturated carbocycles. The molecule has 0 aromatic heterocycles. The first-order chi connectivity index (χ1) is 7.00. The number of rotatable bonds is 4. The molecule has 84 valence electrons. The summed E-state index contributed by atoms with van der Waals surface area (Å²) in [5.74, 6) is 1.36. The third-order valence-corrected chi connectivity index (χ3v) is 2.55. The van der Waals surface area contributed by atoms with Crippen LogP contribution in [0.4, 0.5) is 5.69 Å². The van der Waals surface area contributed by atoms with Crippen molar-refractivity contribution < 1.29 is 0 Å². The number of nitrogens with two attached hydrogens (primary N) is 1. The fourth-order valence-electron chi connectivity index (χ4n) is 1.94. The monoisotopic (exact) mass is 205 g/mol. The summed E-state index contributed by atoms with van der Waals surface area (Å²) in [4.78, 5) is 0. The number of benzene rings is 1. The highest BCUT2D eigenvalue weighted by molar-refractivity contribution is 5.51. The number of nitrogen functional groups attached to an aromatic ring is 1. The molecule has 1 nitrogen and oxygen atoms in total. The maximum absolute atomic E-state index is 6.05. The summed E-state index contributed by atoms with van der Waals surface area (Å²) < 4.78 is 0. The van der Waals surface area contributed by atoms with Crippen LogP contribution in [0.2, 0.25) is 0 Å². The Bertz CT molecular complexity index is 313. The second-order valence-corrected chi connectivity index (χ2v) is 5.18. The lowest BCUT2D eigenvalue weighted by Gasteiger charge is -2.15. The van der Waals surface area contributed by atoms with Crippen molar-refractivity contribution >= 4 is 5.69 Å². The Balaban J connectivity index is 2.97. The van der Waals surface area contributed by atoms with Gasteiger partial charge in [-0.1, -0.05) is 39.8 Å². The van der Waals surface area contributed by atoms with Crippen LogP contribution in [0, 0.1) is 11.8 Å². The second-order valence-electron chi connectivity index (χ2n) is 5.18. The number of anilines is 1. The quantitative estimate of drug-likeness (QED) is 0.746. The molecule has 1 aromatic carbocycles. The summed E-state index contributed by atoms with van der Waals surface area (Å²) in [5.41, 5.74) is 9.80. The van der Waals surface area contributed by atoms with E-state index in [4.69, 9.17) is 5.73 Å². The molecule has 15 heavy (non-hydrogen) atoms. The molecule has 0 bridgehead atoms. The topological polar surface area (TPSA) is 26.0 Å². The largest absolute Gasteiger partial charge is 0.398 e. The molecule has 0 aliphatic carbocycles. The molecule has 0 aliphatic rings. The van der Waals surface area contributed by atoms with E-state index < -0.39 is 0 Å². The van der Waals surface area contributed by atoms with Gasteiger partial charge in [0.15, 0.2) is 0 Å². The Hall–Kier alpha value is -0.980. The van der Waals surface area contributed by atoms with Crippen molar-refractivity contribution in [2.75, 3.05) is 5.73 Å². The van der Waals surface area contributed by atoms with Gasteiger partial charge in [-0.25, -0.2) is 0 Å². The van der Waals surface area contributed by atoms with Crippen molar-refractivity contribution in [2.45, 2.75) is 40.5 Å². The molecule has 0 spiro atoms. The van der Waals surface area contributed by atoms with E-state index in [9.17, 15) is 0 Å². The highest BCUT2D eigenvalue weighted by atomic mass is 14.6. The summed E-state index contributed by atoms with van der Waals surface area (Å²) in [6, 6.07) is 6.30. The summed E-state index contributed by atoms with van der Waals surface area (Å²) >= 11 is 0. The average Bonchev–Trinajstić information content (AvgIpc) is 2.09. The third kappa shape index (κ3) is 3.58. The van der Waals surface area contributed by atoms with Crippen LogP contribution in [0.15, 0.2) is 18.2 Å². The van der Waals surface area contributed by atoms with E-state index in [1.807, 2.05) is 6.07 Å². The second kappa shape index (κ2) is 5.20. The summed E-state index contributed by atoms with van der Waals surface area (Å²) in [7, 11) is 0. The summed E-state index contributed by atoms with van der Waals surface area (Å²) in [5, 5.41) is 0. The van der Waals surface area contributed by atoms with Crippen LogP contribution < -0.4 is 5.73 Å². The predicted octanol–water partition coefficient (Wildman–Crippen LogP) is 3.67. The van der Waals surface area contributed by atoms with Gasteiger partial charge in [-0.3, -0.25) is 0 Å². The van der Waals surface area contributed by atoms with Crippen LogP contribution >= 0.6 is 0 Å². The van der Waals surface area contributed by atoms with Gasteiger partial charge in [0.2, 0.25) is 0 Å². The van der Waals surface area contributed by atoms with Crippen LogP contribution in [0.25, 0.3) is 0 Å². The van der Waals surface area contributed by atoms with Gasteiger partial charge >= 0.3 is 0 Å². The maximum atomic E-state index is 6.05. The Kier molecular flexibility index (Phi) is 4.19. The lowest BCUT2D eigenvalue weighted by molar-refractivity contribution is 0.617. The van der Waals surface area contributed by atoms with Gasteiger partial charge in [0.05, 0.1) is 0 Å². The highest BCUT2D eigenvalue weighted by Crippen LogP contribution is 2.23. The smallest absolute Gasteiger partial charge is 0.0349 e. The number of hydrogen-bond donors (Lipinski definition) is 1. The lowest BCUT2D eigenvalue weighted by atomic mass is 9.92. The minimum atomic E-state index is 0.667. The molecule has 0 atom stereocenters. The Morgan fingerprint density at radius 3 is 2.13 bits per heavy atom. The van der Waals surface area contributed by atoms with Gasteiger partial charge in [0.1, 0.15) is 0 Å². The van der Waals surface area contributed by atoms with E-state index >= 15 is 0 Å². The first kappa shape index (κ1) is 12.1. The normalized spacial score (nSPS) is 11.3. The molecule has 1 rings (SSSR count). The molecule has 0 radical (unpaired) electrons. The molecule has 0 heterocycles. The van der Waals surface area contributed by atoms with Gasteiger partial charge in [-0.15, -0.1) is 0 Å². The minimum absolute atomic E-state index is 0.667.